The molecule has 0 radical (unpaired) electrons. The molecule has 1 aromatic heterocycles. The molecule has 0 aliphatic rings. The molecule has 0 saturated carbocycles. The van der Waals surface area contributed by atoms with Crippen LogP contribution in [0.3, 0.4) is 0 Å². The summed E-state index contributed by atoms with van der Waals surface area (Å²) in [6, 6.07) is 16.6. The lowest BCUT2D eigenvalue weighted by molar-refractivity contribution is 0.602. The molecule has 0 aliphatic heterocycles. The first-order valence-corrected chi connectivity index (χ1v) is 7.52. The fourth-order valence-corrected chi connectivity index (χ4v) is 3.16. The third-order valence-corrected chi connectivity index (χ3v) is 4.39. The summed E-state index contributed by atoms with van der Waals surface area (Å²) in [5.74, 6) is 0.389. The SMILES string of the molecule is Fc1ccccc1SCc1cc2ccccc2nc1Cl. The summed E-state index contributed by atoms with van der Waals surface area (Å²) in [6.07, 6.45) is 0. The van der Waals surface area contributed by atoms with E-state index in [1.807, 2.05) is 36.4 Å². The van der Waals surface area contributed by atoms with Crippen molar-refractivity contribution >= 4 is 34.3 Å². The number of nitrogens with zero attached hydrogens (tertiary/aromatic N) is 1. The number of aromatic nitrogens is 1. The summed E-state index contributed by atoms with van der Waals surface area (Å²) in [5.41, 5.74) is 1.79. The average molecular weight is 304 g/mol. The Balaban J connectivity index is 1.87. The first-order valence-electron chi connectivity index (χ1n) is 6.15. The number of halogens is 2. The van der Waals surface area contributed by atoms with Gasteiger partial charge in [-0.15, -0.1) is 11.8 Å². The molecule has 4 heteroatoms. The zero-order valence-corrected chi connectivity index (χ0v) is 12.1. The molecule has 0 bridgehead atoms. The highest BCUT2D eigenvalue weighted by molar-refractivity contribution is 7.98. The van der Waals surface area contributed by atoms with E-state index in [1.165, 1.54) is 17.8 Å². The standard InChI is InChI=1S/C16H11ClFNS/c17-16-12(9-11-5-1-3-7-14(11)19-16)10-20-15-8-4-2-6-13(15)18/h1-9H,10H2. The van der Waals surface area contributed by atoms with Crippen LogP contribution in [0.4, 0.5) is 4.39 Å². The van der Waals surface area contributed by atoms with Crippen LogP contribution in [0.1, 0.15) is 5.56 Å². The molecule has 0 unspecified atom stereocenters. The van der Waals surface area contributed by atoms with Gasteiger partial charge in [-0.3, -0.25) is 0 Å². The Morgan fingerprint density at radius 3 is 2.65 bits per heavy atom. The van der Waals surface area contributed by atoms with E-state index in [0.717, 1.165) is 16.5 Å². The highest BCUT2D eigenvalue weighted by atomic mass is 35.5. The van der Waals surface area contributed by atoms with Crippen molar-refractivity contribution in [2.45, 2.75) is 10.6 Å². The fourth-order valence-electron chi connectivity index (χ4n) is 1.95. The molecular formula is C16H11ClFNS. The molecule has 0 atom stereocenters. The summed E-state index contributed by atoms with van der Waals surface area (Å²) in [5, 5.41) is 1.52. The van der Waals surface area contributed by atoms with E-state index >= 15 is 0 Å². The summed E-state index contributed by atoms with van der Waals surface area (Å²) >= 11 is 7.61. The molecule has 2 aromatic carbocycles. The van der Waals surface area contributed by atoms with E-state index in [1.54, 1.807) is 12.1 Å². The van der Waals surface area contributed by atoms with Crippen LogP contribution in [-0.2, 0) is 5.75 Å². The minimum absolute atomic E-state index is 0.206. The summed E-state index contributed by atoms with van der Waals surface area (Å²) in [4.78, 5) is 4.99. The summed E-state index contributed by atoms with van der Waals surface area (Å²) in [7, 11) is 0. The Morgan fingerprint density at radius 1 is 1.05 bits per heavy atom. The summed E-state index contributed by atoms with van der Waals surface area (Å²) < 4.78 is 13.6. The minimum Gasteiger partial charge on any atom is -0.236 e. The van der Waals surface area contributed by atoms with Gasteiger partial charge in [0.2, 0.25) is 0 Å². The van der Waals surface area contributed by atoms with Crippen molar-refractivity contribution in [1.29, 1.82) is 0 Å². The highest BCUT2D eigenvalue weighted by Gasteiger charge is 2.07. The topological polar surface area (TPSA) is 12.9 Å². The van der Waals surface area contributed by atoms with Gasteiger partial charge in [0.15, 0.2) is 0 Å². The van der Waals surface area contributed by atoms with Crippen LogP contribution >= 0.6 is 23.4 Å². The van der Waals surface area contributed by atoms with Gasteiger partial charge in [-0.2, -0.15) is 0 Å². The van der Waals surface area contributed by atoms with E-state index in [4.69, 9.17) is 11.6 Å². The number of hydrogen-bond donors (Lipinski definition) is 0. The largest absolute Gasteiger partial charge is 0.236 e. The summed E-state index contributed by atoms with van der Waals surface area (Å²) in [6.45, 7) is 0. The lowest BCUT2D eigenvalue weighted by atomic mass is 10.2. The Morgan fingerprint density at radius 2 is 1.80 bits per heavy atom. The number of benzene rings is 2. The van der Waals surface area contributed by atoms with Crippen molar-refractivity contribution < 1.29 is 4.39 Å². The van der Waals surface area contributed by atoms with Crippen LogP contribution in [0.5, 0.6) is 0 Å². The maximum atomic E-state index is 13.6. The smallest absolute Gasteiger partial charge is 0.136 e. The normalized spacial score (nSPS) is 10.9. The first kappa shape index (κ1) is 13.4. The van der Waals surface area contributed by atoms with Gasteiger partial charge in [-0.1, -0.05) is 41.9 Å². The molecule has 100 valence electrons. The number of para-hydroxylation sites is 1. The number of pyridine rings is 1. The van der Waals surface area contributed by atoms with Gasteiger partial charge < -0.3 is 0 Å². The Kier molecular flexibility index (Phi) is 3.90. The second-order valence-corrected chi connectivity index (χ2v) is 5.73. The van der Waals surface area contributed by atoms with E-state index in [9.17, 15) is 4.39 Å². The zero-order valence-electron chi connectivity index (χ0n) is 10.5. The molecule has 0 N–H and O–H groups in total. The fraction of sp³-hybridized carbons (Fsp3) is 0.0625. The van der Waals surface area contributed by atoms with E-state index < -0.39 is 0 Å². The number of thioether (sulfide) groups is 1. The average Bonchev–Trinajstić information content (AvgIpc) is 2.46. The Hall–Kier alpha value is -1.58. The molecule has 1 nitrogen and oxygen atoms in total. The van der Waals surface area contributed by atoms with Crippen molar-refractivity contribution in [2.24, 2.45) is 0 Å². The van der Waals surface area contributed by atoms with Gasteiger partial charge in [0.05, 0.1) is 5.52 Å². The van der Waals surface area contributed by atoms with Crippen molar-refractivity contribution in [3.05, 3.63) is 71.1 Å². The molecule has 3 aromatic rings. The third kappa shape index (κ3) is 2.79. The van der Waals surface area contributed by atoms with Gasteiger partial charge in [0, 0.05) is 21.6 Å². The number of hydrogen-bond acceptors (Lipinski definition) is 2. The predicted molar refractivity (Wildman–Crippen MR) is 82.7 cm³/mol. The highest BCUT2D eigenvalue weighted by Crippen LogP contribution is 2.29. The second kappa shape index (κ2) is 5.81. The molecule has 3 rings (SSSR count). The lowest BCUT2D eigenvalue weighted by Gasteiger charge is -2.06. The predicted octanol–water partition coefficient (Wildman–Crippen LogP) is 5.32. The number of fused-ring (bicyclic) bond motifs is 1. The first-order chi connectivity index (χ1) is 9.74. The lowest BCUT2D eigenvalue weighted by Crippen LogP contribution is -1.89. The van der Waals surface area contributed by atoms with E-state index in [2.05, 4.69) is 4.98 Å². The van der Waals surface area contributed by atoms with Crippen LogP contribution in [-0.4, -0.2) is 4.98 Å². The van der Waals surface area contributed by atoms with Crippen LogP contribution in [0, 0.1) is 5.82 Å². The van der Waals surface area contributed by atoms with Gasteiger partial charge in [-0.05, 0) is 24.3 Å². The van der Waals surface area contributed by atoms with Crippen LogP contribution in [0.25, 0.3) is 10.9 Å². The van der Waals surface area contributed by atoms with Crippen LogP contribution in [0.2, 0.25) is 5.15 Å². The monoisotopic (exact) mass is 303 g/mol. The maximum Gasteiger partial charge on any atom is 0.136 e. The van der Waals surface area contributed by atoms with E-state index in [0.29, 0.717) is 15.8 Å². The van der Waals surface area contributed by atoms with Crippen molar-refractivity contribution in [3.63, 3.8) is 0 Å². The molecule has 0 aliphatic carbocycles. The molecule has 0 amide bonds. The molecular weight excluding hydrogens is 293 g/mol. The van der Waals surface area contributed by atoms with Gasteiger partial charge >= 0.3 is 0 Å². The van der Waals surface area contributed by atoms with Gasteiger partial charge in [0.1, 0.15) is 11.0 Å². The van der Waals surface area contributed by atoms with E-state index in [-0.39, 0.29) is 5.82 Å². The van der Waals surface area contributed by atoms with Gasteiger partial charge in [0.25, 0.3) is 0 Å². The molecule has 0 fully saturated rings. The Bertz CT molecular complexity index is 760. The Labute approximate surface area is 125 Å². The molecule has 20 heavy (non-hydrogen) atoms. The zero-order chi connectivity index (χ0) is 13.9. The van der Waals surface area contributed by atoms with Crippen molar-refractivity contribution in [3.8, 4) is 0 Å². The maximum absolute atomic E-state index is 13.6. The molecule has 0 saturated heterocycles. The molecule has 1 heterocycles. The minimum atomic E-state index is -0.206. The van der Waals surface area contributed by atoms with Crippen LogP contribution in [0.15, 0.2) is 59.5 Å². The van der Waals surface area contributed by atoms with Crippen molar-refractivity contribution in [1.82, 2.24) is 4.98 Å². The quantitative estimate of drug-likeness (QED) is 0.480. The second-order valence-electron chi connectivity index (χ2n) is 4.35. The van der Waals surface area contributed by atoms with Gasteiger partial charge in [-0.25, -0.2) is 9.37 Å². The molecule has 0 spiro atoms. The van der Waals surface area contributed by atoms with Crippen LogP contribution < -0.4 is 0 Å². The van der Waals surface area contributed by atoms with Crippen molar-refractivity contribution in [2.75, 3.05) is 0 Å². The third-order valence-electron chi connectivity index (χ3n) is 2.97. The number of rotatable bonds is 3.